The van der Waals surface area contributed by atoms with Gasteiger partial charge in [-0.2, -0.15) is 0 Å². The monoisotopic (exact) mass is 336 g/mol. The van der Waals surface area contributed by atoms with E-state index in [9.17, 15) is 8.42 Å². The van der Waals surface area contributed by atoms with E-state index in [2.05, 4.69) is 14.9 Å². The Labute approximate surface area is 132 Å². The van der Waals surface area contributed by atoms with Crippen LogP contribution in [0.4, 0.5) is 0 Å². The number of sulfonamides is 1. The van der Waals surface area contributed by atoms with E-state index < -0.39 is 10.0 Å². The van der Waals surface area contributed by atoms with Gasteiger partial charge in [0.2, 0.25) is 10.0 Å². The summed E-state index contributed by atoms with van der Waals surface area (Å²) in [5, 5.41) is 8.13. The number of pyridine rings is 1. The molecule has 0 aliphatic rings. The number of fused-ring (bicyclic) bond motifs is 1. The molecule has 0 aromatic carbocycles. The summed E-state index contributed by atoms with van der Waals surface area (Å²) in [7, 11) is -3.44. The normalized spacial score (nSPS) is 12.0. The Morgan fingerprint density at radius 2 is 2.09 bits per heavy atom. The smallest absolute Gasteiger partial charge is 0.250 e. The summed E-state index contributed by atoms with van der Waals surface area (Å²) in [6, 6.07) is 9.14. The Morgan fingerprint density at radius 3 is 2.86 bits per heavy atom. The summed E-state index contributed by atoms with van der Waals surface area (Å²) in [4.78, 5) is 1.06. The number of aromatic nitrogens is 3. The van der Waals surface area contributed by atoms with E-state index in [1.54, 1.807) is 6.07 Å². The first-order valence-electron chi connectivity index (χ1n) is 6.97. The Kier molecular flexibility index (Phi) is 4.23. The Morgan fingerprint density at radius 1 is 1.23 bits per heavy atom. The number of nitrogens with zero attached hydrogens (tertiary/aromatic N) is 3. The predicted molar refractivity (Wildman–Crippen MR) is 85.6 cm³/mol. The zero-order valence-electron chi connectivity index (χ0n) is 12.1. The number of rotatable bonds is 6. The van der Waals surface area contributed by atoms with E-state index in [-0.39, 0.29) is 6.54 Å². The number of hydrogen-bond acceptors (Lipinski definition) is 5. The lowest BCUT2D eigenvalue weighted by Crippen LogP contribution is -2.25. The predicted octanol–water partition coefficient (Wildman–Crippen LogP) is 1.87. The molecule has 116 valence electrons. The van der Waals surface area contributed by atoms with Gasteiger partial charge in [-0.3, -0.25) is 4.40 Å². The molecule has 0 fully saturated rings. The quantitative estimate of drug-likeness (QED) is 0.745. The van der Waals surface area contributed by atoms with Gasteiger partial charge in [0.25, 0.3) is 0 Å². The molecule has 0 bridgehead atoms. The van der Waals surface area contributed by atoms with Crippen molar-refractivity contribution in [3.8, 4) is 0 Å². The fourth-order valence-corrected chi connectivity index (χ4v) is 4.49. The van der Waals surface area contributed by atoms with Gasteiger partial charge in [0.1, 0.15) is 10.0 Å². The molecule has 22 heavy (non-hydrogen) atoms. The number of thiophene rings is 1. The van der Waals surface area contributed by atoms with Crippen LogP contribution in [0.25, 0.3) is 5.65 Å². The van der Waals surface area contributed by atoms with Gasteiger partial charge in [0.05, 0.1) is 0 Å². The molecule has 3 rings (SSSR count). The van der Waals surface area contributed by atoms with Crippen molar-refractivity contribution in [3.05, 3.63) is 47.2 Å². The molecule has 0 spiro atoms. The lowest BCUT2D eigenvalue weighted by Gasteiger charge is -2.04. The highest BCUT2D eigenvalue weighted by Gasteiger charge is 2.16. The van der Waals surface area contributed by atoms with Crippen LogP contribution in [0.3, 0.4) is 0 Å². The van der Waals surface area contributed by atoms with Crippen molar-refractivity contribution in [3.63, 3.8) is 0 Å². The minimum Gasteiger partial charge on any atom is -0.286 e. The lowest BCUT2D eigenvalue weighted by molar-refractivity contribution is 0.582. The van der Waals surface area contributed by atoms with Crippen LogP contribution in [0.5, 0.6) is 0 Å². The topological polar surface area (TPSA) is 76.4 Å². The Balaban J connectivity index is 1.67. The average molecular weight is 336 g/mol. The second-order valence-corrected chi connectivity index (χ2v) is 7.93. The van der Waals surface area contributed by atoms with Gasteiger partial charge in [-0.15, -0.1) is 21.5 Å². The van der Waals surface area contributed by atoms with Crippen molar-refractivity contribution in [2.45, 2.75) is 24.0 Å². The molecule has 0 saturated carbocycles. The molecule has 3 heterocycles. The van der Waals surface area contributed by atoms with Crippen molar-refractivity contribution < 1.29 is 8.42 Å². The minimum absolute atomic E-state index is 0.289. The molecule has 0 radical (unpaired) electrons. The van der Waals surface area contributed by atoms with Gasteiger partial charge < -0.3 is 0 Å². The third-order valence-electron chi connectivity index (χ3n) is 3.28. The van der Waals surface area contributed by atoms with Crippen molar-refractivity contribution in [1.82, 2.24) is 19.3 Å². The van der Waals surface area contributed by atoms with Crippen LogP contribution >= 0.6 is 11.3 Å². The molecule has 3 aromatic rings. The van der Waals surface area contributed by atoms with Gasteiger partial charge in [-0.05, 0) is 30.7 Å². The molecule has 0 saturated heterocycles. The Hall–Kier alpha value is -1.77. The van der Waals surface area contributed by atoms with Crippen molar-refractivity contribution in [1.29, 1.82) is 0 Å². The number of nitrogens with one attached hydrogen (secondary N) is 1. The first kappa shape index (κ1) is 15.1. The lowest BCUT2D eigenvalue weighted by atomic mass is 10.4. The van der Waals surface area contributed by atoms with E-state index in [1.165, 1.54) is 11.3 Å². The molecule has 6 nitrogen and oxygen atoms in total. The SMILES string of the molecule is CCc1ccc(S(=O)(=O)NCCc2nnc3ccccn23)s1. The highest BCUT2D eigenvalue weighted by Crippen LogP contribution is 2.21. The fourth-order valence-electron chi connectivity index (χ4n) is 2.12. The van der Waals surface area contributed by atoms with Crippen LogP contribution in [0.15, 0.2) is 40.7 Å². The summed E-state index contributed by atoms with van der Waals surface area (Å²) in [6.07, 6.45) is 3.19. The summed E-state index contributed by atoms with van der Waals surface area (Å²) in [5.41, 5.74) is 0.756. The second-order valence-electron chi connectivity index (χ2n) is 4.77. The largest absolute Gasteiger partial charge is 0.286 e. The third-order valence-corrected chi connectivity index (χ3v) is 6.46. The van der Waals surface area contributed by atoms with E-state index >= 15 is 0 Å². The highest BCUT2D eigenvalue weighted by atomic mass is 32.2. The maximum absolute atomic E-state index is 12.2. The van der Waals surface area contributed by atoms with Gasteiger partial charge in [0, 0.05) is 24.0 Å². The van der Waals surface area contributed by atoms with Crippen LogP contribution in [-0.2, 0) is 22.9 Å². The molecule has 1 N–H and O–H groups in total. The highest BCUT2D eigenvalue weighted by molar-refractivity contribution is 7.91. The van der Waals surface area contributed by atoms with Crippen molar-refractivity contribution >= 4 is 27.0 Å². The number of hydrogen-bond donors (Lipinski definition) is 1. The number of aryl methyl sites for hydroxylation is 1. The van der Waals surface area contributed by atoms with E-state index in [0.717, 1.165) is 22.8 Å². The molecule has 0 aliphatic heterocycles. The molecular formula is C14H16N4O2S2. The molecule has 8 heteroatoms. The maximum Gasteiger partial charge on any atom is 0.250 e. The first-order valence-corrected chi connectivity index (χ1v) is 9.27. The molecule has 3 aromatic heterocycles. The summed E-state index contributed by atoms with van der Waals surface area (Å²) in [6.45, 7) is 2.30. The molecular weight excluding hydrogens is 320 g/mol. The van der Waals surface area contributed by atoms with Crippen molar-refractivity contribution in [2.24, 2.45) is 0 Å². The average Bonchev–Trinajstić information content (AvgIpc) is 3.14. The summed E-state index contributed by atoms with van der Waals surface area (Å²) < 4.78 is 29.2. The van der Waals surface area contributed by atoms with Crippen LogP contribution in [0, 0.1) is 0 Å². The van der Waals surface area contributed by atoms with Crippen LogP contribution in [-0.4, -0.2) is 29.6 Å². The standard InChI is InChI=1S/C14H16N4O2S2/c1-2-11-6-7-14(21-11)22(19,20)15-9-8-13-17-16-12-5-3-4-10-18(12)13/h3-7,10,15H,2,8-9H2,1H3. The van der Waals surface area contributed by atoms with Gasteiger partial charge in [-0.1, -0.05) is 13.0 Å². The van der Waals surface area contributed by atoms with Crippen LogP contribution < -0.4 is 4.72 Å². The molecule has 0 atom stereocenters. The molecule has 0 aliphatic carbocycles. The van der Waals surface area contributed by atoms with Crippen LogP contribution in [0.2, 0.25) is 0 Å². The Bertz CT molecular complexity index is 883. The third kappa shape index (κ3) is 3.03. The van der Waals surface area contributed by atoms with E-state index in [1.807, 2.05) is 41.8 Å². The van der Waals surface area contributed by atoms with Gasteiger partial charge in [-0.25, -0.2) is 13.1 Å². The van der Waals surface area contributed by atoms with Gasteiger partial charge in [0.15, 0.2) is 5.65 Å². The molecule has 0 unspecified atom stereocenters. The van der Waals surface area contributed by atoms with Crippen LogP contribution in [0.1, 0.15) is 17.6 Å². The van der Waals surface area contributed by atoms with E-state index in [4.69, 9.17) is 0 Å². The summed E-state index contributed by atoms with van der Waals surface area (Å²) in [5.74, 6) is 0.735. The van der Waals surface area contributed by atoms with E-state index in [0.29, 0.717) is 10.6 Å². The zero-order chi connectivity index (χ0) is 15.6. The van der Waals surface area contributed by atoms with Crippen molar-refractivity contribution in [2.75, 3.05) is 6.54 Å². The summed E-state index contributed by atoms with van der Waals surface area (Å²) >= 11 is 1.31. The fraction of sp³-hybridized carbons (Fsp3) is 0.286. The molecule has 0 amide bonds. The minimum atomic E-state index is -3.44. The maximum atomic E-state index is 12.2. The van der Waals surface area contributed by atoms with Gasteiger partial charge >= 0.3 is 0 Å². The first-order chi connectivity index (χ1) is 10.6. The second kappa shape index (κ2) is 6.15. The zero-order valence-corrected chi connectivity index (χ0v) is 13.7.